The van der Waals surface area contributed by atoms with Gasteiger partial charge in [0.2, 0.25) is 0 Å². The first-order valence-corrected chi connectivity index (χ1v) is 37.9. The van der Waals surface area contributed by atoms with Gasteiger partial charge >= 0.3 is 17.9 Å². The molecule has 19 heteroatoms. The maximum atomic E-state index is 13.4. The van der Waals surface area contributed by atoms with E-state index < -0.39 is 78.3 Å². The molecule has 3 aliphatic carbocycles. The number of aromatic carboxylic acids is 1. The zero-order valence-corrected chi connectivity index (χ0v) is 64.8. The molecular formula is C84H126O19. The van der Waals surface area contributed by atoms with Crippen molar-refractivity contribution in [2.24, 2.45) is 46.8 Å². The minimum atomic E-state index is -1.03. The highest BCUT2D eigenvalue weighted by atomic mass is 16.8. The molecule has 1 saturated carbocycles. The Morgan fingerprint density at radius 2 is 1.18 bits per heavy atom. The van der Waals surface area contributed by atoms with Crippen molar-refractivity contribution in [1.29, 1.82) is 0 Å². The van der Waals surface area contributed by atoms with E-state index in [1.807, 2.05) is 141 Å². The van der Waals surface area contributed by atoms with Gasteiger partial charge in [0.25, 0.3) is 0 Å². The van der Waals surface area contributed by atoms with Crippen LogP contribution in [0, 0.1) is 46.8 Å². The maximum Gasteiger partial charge on any atom is 0.342 e. The van der Waals surface area contributed by atoms with E-state index in [0.29, 0.717) is 41.9 Å². The third-order valence-electron chi connectivity index (χ3n) is 20.6. The number of esters is 2. The quantitative estimate of drug-likeness (QED) is 0.0338. The van der Waals surface area contributed by atoms with Gasteiger partial charge < -0.3 is 78.0 Å². The van der Waals surface area contributed by atoms with E-state index in [1.165, 1.54) is 7.11 Å². The summed E-state index contributed by atoms with van der Waals surface area (Å²) in [6.45, 7) is 29.6. The molecule has 5 unspecified atom stereocenters. The number of benzene rings is 1. The van der Waals surface area contributed by atoms with Gasteiger partial charge in [-0.25, -0.2) is 14.4 Å². The van der Waals surface area contributed by atoms with E-state index in [4.69, 9.17) is 47.4 Å². The number of carbonyl (C=O) groups excluding carboxylic acids is 2. The molecule has 0 aromatic heterocycles. The molecule has 576 valence electrons. The van der Waals surface area contributed by atoms with Gasteiger partial charge in [-0.2, -0.15) is 0 Å². The summed E-state index contributed by atoms with van der Waals surface area (Å²) in [5, 5.41) is 63.0. The monoisotopic (exact) mass is 1440 g/mol. The Bertz CT molecular complexity index is 3230. The highest BCUT2D eigenvalue weighted by Crippen LogP contribution is 2.49. The van der Waals surface area contributed by atoms with Crippen molar-refractivity contribution in [2.45, 2.75) is 279 Å². The van der Waals surface area contributed by atoms with Crippen molar-refractivity contribution in [3.63, 3.8) is 0 Å². The number of aliphatic hydroxyl groups excluding tert-OH is 5. The van der Waals surface area contributed by atoms with Crippen LogP contribution in [0.1, 0.15) is 222 Å². The first-order valence-electron chi connectivity index (χ1n) is 37.9. The Kier molecular flexibility index (Phi) is 33.9. The van der Waals surface area contributed by atoms with E-state index in [9.17, 15) is 45.0 Å². The van der Waals surface area contributed by atoms with Gasteiger partial charge in [-0.1, -0.05) is 166 Å². The summed E-state index contributed by atoms with van der Waals surface area (Å²) in [6, 6.07) is 3.75. The van der Waals surface area contributed by atoms with E-state index in [-0.39, 0.29) is 89.5 Å². The molecule has 7 aliphatic rings. The molecule has 2 saturated heterocycles. The van der Waals surface area contributed by atoms with Crippen molar-refractivity contribution in [2.75, 3.05) is 27.8 Å². The number of unbranched alkanes of at least 4 members (excludes halogenated alkanes) is 3. The lowest BCUT2D eigenvalue weighted by Crippen LogP contribution is -2.34. The zero-order chi connectivity index (χ0) is 75.9. The van der Waals surface area contributed by atoms with Crippen molar-refractivity contribution in [1.82, 2.24) is 0 Å². The summed E-state index contributed by atoms with van der Waals surface area (Å²) in [7, 11) is 3.07. The number of rotatable bonds is 23. The highest BCUT2D eigenvalue weighted by molar-refractivity contribution is 5.96. The smallest absolute Gasteiger partial charge is 0.342 e. The SMILES string of the molecule is CCCCC1C=C(O)C2=C(/C=C/C[C@@H]3OC(C)(C)O[C@@H]3C(O)/C=C\[C@@H](C)[C@H](C)OC2=O)C1.CCCCC1C=C(OCOC)C2=C(/C=C/C[C@@H]3OC(C)(C)O[C@@H]3C(O)/C=C\[C@@H](C)[C@H](C)OC2=O)C1.CCCCc1cc(/C=C/C[C@@H]2CC(C)(C)C[C@@H]2C(O)/C=C\[C@@H](C)[C@H](C)O)c(C(=O)O)c(OCOC)c1. The number of allylic oxidation sites excluding steroid dienone is 7. The Hall–Kier alpha value is -5.97. The molecule has 0 radical (unpaired) electrons. The topological polar surface area (TPSA) is 265 Å². The molecule has 4 heterocycles. The second-order valence-electron chi connectivity index (χ2n) is 31.0. The van der Waals surface area contributed by atoms with E-state index in [2.05, 4.69) is 34.6 Å². The van der Waals surface area contributed by atoms with Crippen LogP contribution in [0.2, 0.25) is 0 Å². The summed E-state index contributed by atoms with van der Waals surface area (Å²) in [5.41, 5.74) is 4.29. The lowest BCUT2D eigenvalue weighted by atomic mass is 9.85. The van der Waals surface area contributed by atoms with Gasteiger partial charge in [0.05, 0.1) is 24.4 Å². The summed E-state index contributed by atoms with van der Waals surface area (Å²) >= 11 is 0. The molecule has 4 aliphatic heterocycles. The van der Waals surface area contributed by atoms with Gasteiger partial charge in [0.15, 0.2) is 25.2 Å². The molecule has 8 rings (SSSR count). The van der Waals surface area contributed by atoms with Crippen molar-refractivity contribution in [3.05, 3.63) is 142 Å². The highest BCUT2D eigenvalue weighted by Gasteiger charge is 2.46. The first kappa shape index (κ1) is 86.0. The predicted molar refractivity (Wildman–Crippen MR) is 400 cm³/mol. The minimum absolute atomic E-state index is 0.000579. The Morgan fingerprint density at radius 1 is 0.670 bits per heavy atom. The van der Waals surface area contributed by atoms with E-state index in [1.54, 1.807) is 32.3 Å². The normalized spacial score (nSPS) is 31.4. The molecule has 17 atom stereocenters. The van der Waals surface area contributed by atoms with Crippen LogP contribution >= 0.6 is 0 Å². The number of methoxy groups -OCH3 is 2. The average molecular weight is 1440 g/mol. The number of hydrogen-bond acceptors (Lipinski definition) is 18. The van der Waals surface area contributed by atoms with Gasteiger partial charge in [0.1, 0.15) is 70.6 Å². The number of aryl methyl sites for hydroxylation is 1. The van der Waals surface area contributed by atoms with Crippen molar-refractivity contribution >= 4 is 24.0 Å². The van der Waals surface area contributed by atoms with Gasteiger partial charge in [0, 0.05) is 26.1 Å². The third-order valence-corrected chi connectivity index (χ3v) is 20.6. The predicted octanol–water partition coefficient (Wildman–Crippen LogP) is 16.0. The molecule has 0 amide bonds. The second kappa shape index (κ2) is 40.7. The van der Waals surface area contributed by atoms with Crippen LogP contribution in [0.25, 0.3) is 6.08 Å². The zero-order valence-electron chi connectivity index (χ0n) is 64.8. The molecule has 0 spiro atoms. The number of carbonyl (C=O) groups is 3. The number of fused-ring (bicyclic) bond motifs is 2. The van der Waals surface area contributed by atoms with Crippen LogP contribution in [0.15, 0.2) is 125 Å². The Balaban J connectivity index is 0.000000243. The molecule has 3 fully saturated rings. The van der Waals surface area contributed by atoms with Crippen LogP contribution in [0.4, 0.5) is 0 Å². The molecular weight excluding hydrogens is 1310 g/mol. The van der Waals surface area contributed by atoms with Gasteiger partial charge in [-0.15, -0.1) is 0 Å². The van der Waals surface area contributed by atoms with E-state index in [0.717, 1.165) is 100 Å². The maximum absolute atomic E-state index is 13.4. The lowest BCUT2D eigenvalue weighted by Gasteiger charge is -2.27. The Morgan fingerprint density at radius 3 is 1.70 bits per heavy atom. The average Bonchev–Trinajstić information content (AvgIpc) is 1.80. The number of cyclic esters (lactones) is 2. The number of carboxylic acids is 1. The molecule has 103 heavy (non-hydrogen) atoms. The summed E-state index contributed by atoms with van der Waals surface area (Å²) in [5.74, 6) is -2.12. The van der Waals surface area contributed by atoms with Crippen LogP contribution < -0.4 is 4.74 Å². The van der Waals surface area contributed by atoms with Crippen LogP contribution in [-0.2, 0) is 58.6 Å². The van der Waals surface area contributed by atoms with Crippen molar-refractivity contribution < 1.29 is 92.4 Å². The largest absolute Gasteiger partial charge is 0.507 e. The van der Waals surface area contributed by atoms with Crippen LogP contribution in [0.5, 0.6) is 5.75 Å². The van der Waals surface area contributed by atoms with Crippen LogP contribution in [0.3, 0.4) is 0 Å². The third kappa shape index (κ3) is 25.9. The number of ether oxygens (including phenoxy) is 10. The fourth-order valence-electron chi connectivity index (χ4n) is 14.5. The molecule has 1 aromatic rings. The van der Waals surface area contributed by atoms with E-state index >= 15 is 0 Å². The van der Waals surface area contributed by atoms with Gasteiger partial charge in [-0.3, -0.25) is 0 Å². The van der Waals surface area contributed by atoms with Crippen LogP contribution in [-0.4, -0.2) is 149 Å². The summed E-state index contributed by atoms with van der Waals surface area (Å²) in [6.07, 6.45) is 35.6. The number of aliphatic hydroxyl groups is 5. The fraction of sp³-hybridized carbons (Fsp3) is 0.655. The minimum Gasteiger partial charge on any atom is -0.507 e. The number of hydrogen-bond donors (Lipinski definition) is 6. The molecule has 0 bridgehead atoms. The Labute approximate surface area is 614 Å². The van der Waals surface area contributed by atoms with Crippen molar-refractivity contribution in [3.8, 4) is 5.75 Å². The molecule has 6 N–H and O–H groups in total. The molecule has 19 nitrogen and oxygen atoms in total. The second-order valence-corrected chi connectivity index (χ2v) is 31.0. The van der Waals surface area contributed by atoms with Gasteiger partial charge in [-0.05, 0) is 195 Å². The summed E-state index contributed by atoms with van der Waals surface area (Å²) < 4.78 is 57.4. The fourth-order valence-corrected chi connectivity index (χ4v) is 14.5. The standard InChI is InChI=1S/C30H46O6.C28H42O7.C26H38O6/c1-7-8-10-22-15-23(28(29(33)34)27(16-22)36-19-35-6)11-9-12-24-17-30(4,5)18-25(24)26(32)14-13-20(2)21(3)31;1-7-8-10-20-15-21-11-9-12-23-26(35-28(4,5)34-23)22(29)14-13-18(2)19(3)33-27(30)25(21)24(16-20)32-17-31-6;1-6-7-9-18-14-19-10-8-11-22-24(32-26(4,5)31-22)20(27)13-12-16(2)17(3)30-25(29)23(19)21(28)15-18/h9,11,13-16,20-21,24-26,31-32H,7-8,10,12,17-19H2,1-6H3,(H,33,34);9,11,13-14,16,18-20,22-23,26,29H,7-8,10,12,15,17H2,1-6H3;8,10,12-13,15-18,20,22,24,27-28H,6-7,9,11,14H2,1-5H3/b2*11-9+,14-13-;10-8+,13-12-/t20-,21+,24-,25+,26?;18-,19+,20?,22?,23+,26-;16-,17+,18?,20?,22+,24-/m111/s1. The first-order chi connectivity index (χ1) is 48.7. The molecule has 1 aromatic carbocycles. The summed E-state index contributed by atoms with van der Waals surface area (Å²) in [4.78, 5) is 38.5. The lowest BCUT2D eigenvalue weighted by molar-refractivity contribution is -0.152. The number of carboxylic acid groups (broad SMARTS) is 1.